The average molecular weight is 413 g/mol. The standard InChI is InChI=1S/C24H32N2O4/c1-2-13-29-21(27)15-30-20-12-6-11-19-23(20)22-17(24(25)28)9-5-10-18(22)26(19)14-16-7-3-4-8-16/h6,11-12,16-17H,2-5,7-10,13-15H2,1H3,(H2,25,28). The van der Waals surface area contributed by atoms with Gasteiger partial charge < -0.3 is 19.8 Å². The van der Waals surface area contributed by atoms with Crippen LogP contribution in [0.5, 0.6) is 5.75 Å². The van der Waals surface area contributed by atoms with Gasteiger partial charge in [0, 0.05) is 17.6 Å². The van der Waals surface area contributed by atoms with Crippen LogP contribution in [0.15, 0.2) is 18.2 Å². The molecule has 1 heterocycles. The van der Waals surface area contributed by atoms with E-state index in [1.54, 1.807) is 0 Å². The zero-order valence-electron chi connectivity index (χ0n) is 17.8. The molecule has 30 heavy (non-hydrogen) atoms. The number of hydrogen-bond acceptors (Lipinski definition) is 4. The minimum atomic E-state index is -0.375. The lowest BCUT2D eigenvalue weighted by atomic mass is 9.84. The van der Waals surface area contributed by atoms with Crippen LogP contribution in [0.2, 0.25) is 0 Å². The van der Waals surface area contributed by atoms with E-state index in [0.29, 0.717) is 18.3 Å². The lowest BCUT2D eigenvalue weighted by molar-refractivity contribution is -0.146. The minimum Gasteiger partial charge on any atom is -0.481 e. The first-order chi connectivity index (χ1) is 14.6. The number of nitrogens with zero attached hydrogens (tertiary/aromatic N) is 1. The summed E-state index contributed by atoms with van der Waals surface area (Å²) in [5, 5.41) is 0.942. The van der Waals surface area contributed by atoms with E-state index in [9.17, 15) is 9.59 Å². The molecule has 1 aromatic carbocycles. The molecule has 1 saturated carbocycles. The molecule has 2 N–H and O–H groups in total. The van der Waals surface area contributed by atoms with Gasteiger partial charge in [-0.05, 0) is 62.1 Å². The van der Waals surface area contributed by atoms with Gasteiger partial charge in [0.1, 0.15) is 5.75 Å². The Bertz CT molecular complexity index is 927. The Balaban J connectivity index is 1.75. The number of hydrogen-bond donors (Lipinski definition) is 1. The summed E-state index contributed by atoms with van der Waals surface area (Å²) < 4.78 is 13.5. The molecule has 0 radical (unpaired) electrons. The van der Waals surface area contributed by atoms with Crippen LogP contribution in [0.1, 0.15) is 69.0 Å². The van der Waals surface area contributed by atoms with Gasteiger partial charge in [0.15, 0.2) is 6.61 Å². The number of rotatable bonds is 8. The predicted octanol–water partition coefficient (Wildman–Crippen LogP) is 4.07. The van der Waals surface area contributed by atoms with Crippen molar-refractivity contribution in [2.75, 3.05) is 13.2 Å². The zero-order chi connectivity index (χ0) is 21.1. The highest BCUT2D eigenvalue weighted by Crippen LogP contribution is 2.44. The number of fused-ring (bicyclic) bond motifs is 3. The Morgan fingerprint density at radius 2 is 1.97 bits per heavy atom. The normalized spacial score (nSPS) is 19.0. The van der Waals surface area contributed by atoms with Crippen molar-refractivity contribution in [1.29, 1.82) is 0 Å². The summed E-state index contributed by atoms with van der Waals surface area (Å²) in [4.78, 5) is 24.3. The maximum Gasteiger partial charge on any atom is 0.344 e. The van der Waals surface area contributed by atoms with Gasteiger partial charge in [-0.2, -0.15) is 0 Å². The highest BCUT2D eigenvalue weighted by Gasteiger charge is 2.33. The lowest BCUT2D eigenvalue weighted by Gasteiger charge is -2.23. The summed E-state index contributed by atoms with van der Waals surface area (Å²) in [6.45, 7) is 3.18. The van der Waals surface area contributed by atoms with Gasteiger partial charge >= 0.3 is 5.97 Å². The number of benzene rings is 1. The molecular formula is C24H32N2O4. The van der Waals surface area contributed by atoms with Crippen LogP contribution >= 0.6 is 0 Å². The van der Waals surface area contributed by atoms with E-state index in [0.717, 1.165) is 48.7 Å². The number of ether oxygens (including phenoxy) is 2. The summed E-state index contributed by atoms with van der Waals surface area (Å²) >= 11 is 0. The van der Waals surface area contributed by atoms with Gasteiger partial charge in [0.05, 0.1) is 18.0 Å². The predicted molar refractivity (Wildman–Crippen MR) is 116 cm³/mol. The second-order valence-corrected chi connectivity index (χ2v) is 8.63. The van der Waals surface area contributed by atoms with Crippen molar-refractivity contribution in [2.45, 2.75) is 70.8 Å². The van der Waals surface area contributed by atoms with Crippen LogP contribution in [-0.4, -0.2) is 29.7 Å². The zero-order valence-corrected chi connectivity index (χ0v) is 17.8. The molecule has 4 rings (SSSR count). The SMILES string of the molecule is CCCOC(=O)COc1cccc2c1c1c(n2CC2CCCC2)CCCC1C(N)=O. The smallest absolute Gasteiger partial charge is 0.344 e. The van der Waals surface area contributed by atoms with Gasteiger partial charge in [-0.25, -0.2) is 4.79 Å². The third kappa shape index (κ3) is 4.05. The van der Waals surface area contributed by atoms with E-state index in [-0.39, 0.29) is 24.4 Å². The van der Waals surface area contributed by atoms with Crippen molar-refractivity contribution in [1.82, 2.24) is 4.57 Å². The second-order valence-electron chi connectivity index (χ2n) is 8.63. The Labute approximate surface area is 177 Å². The molecule has 0 spiro atoms. The van der Waals surface area contributed by atoms with Crippen molar-refractivity contribution in [3.63, 3.8) is 0 Å². The number of esters is 1. The number of nitrogens with two attached hydrogens (primary N) is 1. The molecule has 6 nitrogen and oxygen atoms in total. The summed E-state index contributed by atoms with van der Waals surface area (Å²) in [5.41, 5.74) is 9.13. The fourth-order valence-corrected chi connectivity index (χ4v) is 5.17. The topological polar surface area (TPSA) is 83.6 Å². The summed E-state index contributed by atoms with van der Waals surface area (Å²) in [6.07, 6.45) is 8.55. The van der Waals surface area contributed by atoms with Gasteiger partial charge in [-0.1, -0.05) is 25.8 Å². The molecule has 0 saturated heterocycles. The summed E-state index contributed by atoms with van der Waals surface area (Å²) in [6, 6.07) is 5.94. The van der Waals surface area contributed by atoms with E-state index < -0.39 is 0 Å². The maximum absolute atomic E-state index is 12.3. The molecule has 2 aromatic rings. The van der Waals surface area contributed by atoms with E-state index >= 15 is 0 Å². The first-order valence-electron chi connectivity index (χ1n) is 11.3. The summed E-state index contributed by atoms with van der Waals surface area (Å²) in [5.74, 6) is 0.341. The van der Waals surface area contributed by atoms with E-state index in [1.165, 1.54) is 31.4 Å². The van der Waals surface area contributed by atoms with Gasteiger partial charge in [-0.3, -0.25) is 4.79 Å². The molecule has 0 bridgehead atoms. The van der Waals surface area contributed by atoms with Crippen molar-refractivity contribution >= 4 is 22.8 Å². The molecular weight excluding hydrogens is 380 g/mol. The van der Waals surface area contributed by atoms with E-state index in [2.05, 4.69) is 10.6 Å². The van der Waals surface area contributed by atoms with Crippen molar-refractivity contribution < 1.29 is 19.1 Å². The first kappa shape index (κ1) is 20.8. The minimum absolute atomic E-state index is 0.136. The summed E-state index contributed by atoms with van der Waals surface area (Å²) in [7, 11) is 0. The van der Waals surface area contributed by atoms with E-state index in [1.807, 2.05) is 19.1 Å². The molecule has 1 amide bonds. The van der Waals surface area contributed by atoms with Crippen LogP contribution in [0.3, 0.4) is 0 Å². The third-order valence-corrected chi connectivity index (χ3v) is 6.53. The molecule has 162 valence electrons. The Hall–Kier alpha value is -2.50. The van der Waals surface area contributed by atoms with Crippen LogP contribution in [0.25, 0.3) is 10.9 Å². The molecule has 2 aliphatic rings. The van der Waals surface area contributed by atoms with Gasteiger partial charge in [0.2, 0.25) is 5.91 Å². The van der Waals surface area contributed by atoms with Crippen molar-refractivity contribution in [3.05, 3.63) is 29.5 Å². The lowest BCUT2D eigenvalue weighted by Crippen LogP contribution is -2.25. The molecule has 1 atom stereocenters. The Kier molecular flexibility index (Phi) is 6.30. The van der Waals surface area contributed by atoms with Crippen molar-refractivity contribution in [3.8, 4) is 5.75 Å². The number of aromatic nitrogens is 1. The number of carbonyl (C=O) groups is 2. The van der Waals surface area contributed by atoms with E-state index in [4.69, 9.17) is 15.2 Å². The highest BCUT2D eigenvalue weighted by molar-refractivity contribution is 5.97. The number of primary amides is 1. The van der Waals surface area contributed by atoms with Crippen LogP contribution in [0, 0.1) is 5.92 Å². The van der Waals surface area contributed by atoms with Gasteiger partial charge in [0.25, 0.3) is 0 Å². The molecule has 2 aliphatic carbocycles. The van der Waals surface area contributed by atoms with Crippen LogP contribution in [-0.2, 0) is 27.3 Å². The molecule has 1 aromatic heterocycles. The highest BCUT2D eigenvalue weighted by atomic mass is 16.6. The quantitative estimate of drug-likeness (QED) is 0.663. The molecule has 6 heteroatoms. The number of carbonyl (C=O) groups excluding carboxylic acids is 2. The second kappa shape index (κ2) is 9.11. The van der Waals surface area contributed by atoms with Crippen LogP contribution < -0.4 is 10.5 Å². The largest absolute Gasteiger partial charge is 0.481 e. The average Bonchev–Trinajstić information content (AvgIpc) is 3.37. The number of amides is 1. The maximum atomic E-state index is 12.3. The monoisotopic (exact) mass is 412 g/mol. The Morgan fingerprint density at radius 3 is 2.70 bits per heavy atom. The fourth-order valence-electron chi connectivity index (χ4n) is 5.17. The molecule has 1 unspecified atom stereocenters. The first-order valence-corrected chi connectivity index (χ1v) is 11.3. The molecule has 0 aliphatic heterocycles. The van der Waals surface area contributed by atoms with Crippen molar-refractivity contribution in [2.24, 2.45) is 11.7 Å². The fraction of sp³-hybridized carbons (Fsp3) is 0.583. The molecule has 1 fully saturated rings. The van der Waals surface area contributed by atoms with Gasteiger partial charge in [-0.15, -0.1) is 0 Å². The Morgan fingerprint density at radius 1 is 1.17 bits per heavy atom. The van der Waals surface area contributed by atoms with Crippen LogP contribution in [0.4, 0.5) is 0 Å². The third-order valence-electron chi connectivity index (χ3n) is 6.53.